The van der Waals surface area contributed by atoms with E-state index in [0.29, 0.717) is 38.5 Å². The van der Waals surface area contributed by atoms with Crippen LogP contribution in [0.2, 0.25) is 0 Å². The van der Waals surface area contributed by atoms with Crippen LogP contribution in [0.15, 0.2) is 46.0 Å². The molecule has 0 N–H and O–H groups in total. The van der Waals surface area contributed by atoms with Crippen LogP contribution in [0.1, 0.15) is 44.6 Å². The normalized spacial score (nSPS) is 29.3. The summed E-state index contributed by atoms with van der Waals surface area (Å²) in [4.78, 5) is 4.32. The average molecular weight is 578 g/mol. The lowest BCUT2D eigenvalue weighted by Gasteiger charge is -2.51. The highest BCUT2D eigenvalue weighted by atomic mass is 32.2. The fourth-order valence-electron chi connectivity index (χ4n) is 6.16. The van der Waals surface area contributed by atoms with E-state index in [1.807, 2.05) is 4.90 Å². The molecule has 3 aliphatic rings. The van der Waals surface area contributed by atoms with Gasteiger partial charge in [-0.15, -0.1) is 11.3 Å². The third-order valence-electron chi connectivity index (χ3n) is 8.30. The minimum absolute atomic E-state index is 0.0880. The minimum Gasteiger partial charge on any atom is -0.365 e. The summed E-state index contributed by atoms with van der Waals surface area (Å²) in [5.74, 6) is 0. The number of anilines is 1. The van der Waals surface area contributed by atoms with Crippen LogP contribution in [0.5, 0.6) is 0 Å². The van der Waals surface area contributed by atoms with Gasteiger partial charge in [0.25, 0.3) is 10.0 Å². The maximum Gasteiger partial charge on any atom is 0.426 e. The van der Waals surface area contributed by atoms with Crippen molar-refractivity contribution < 1.29 is 30.4 Å². The molecule has 0 spiro atoms. The number of nitrogens with zero attached hydrogens (tertiary/aromatic N) is 3. The lowest BCUT2D eigenvalue weighted by atomic mass is 9.83. The molecule has 0 aliphatic carbocycles. The van der Waals surface area contributed by atoms with Crippen LogP contribution in [0.4, 0.5) is 27.6 Å². The number of hydrogen-bond acceptors (Lipinski definition) is 5. The Morgan fingerprint density at radius 3 is 2.24 bits per heavy atom. The largest absolute Gasteiger partial charge is 0.426 e. The lowest BCUT2D eigenvalue weighted by Crippen LogP contribution is -2.62. The zero-order chi connectivity index (χ0) is 27.3. The van der Waals surface area contributed by atoms with Crippen molar-refractivity contribution in [2.45, 2.75) is 79.4 Å². The molecule has 0 amide bonds. The van der Waals surface area contributed by atoms with E-state index >= 15 is 0 Å². The van der Waals surface area contributed by atoms with Crippen molar-refractivity contribution in [1.29, 1.82) is 0 Å². The van der Waals surface area contributed by atoms with Gasteiger partial charge in [0.05, 0.1) is 6.04 Å². The summed E-state index contributed by atoms with van der Waals surface area (Å²) < 4.78 is 96.9. The van der Waals surface area contributed by atoms with Crippen molar-refractivity contribution in [3.63, 3.8) is 0 Å². The zero-order valence-corrected chi connectivity index (χ0v) is 22.7. The molecule has 3 aliphatic heterocycles. The Bertz CT molecular complexity index is 1190. The minimum atomic E-state index is -5.04. The summed E-state index contributed by atoms with van der Waals surface area (Å²) in [6.45, 7) is 1.76. The van der Waals surface area contributed by atoms with Crippen LogP contribution in [-0.4, -0.2) is 74.3 Å². The van der Waals surface area contributed by atoms with Gasteiger partial charge in [-0.05, 0) is 61.7 Å². The molecule has 1 aromatic heterocycles. The fourth-order valence-corrected chi connectivity index (χ4v) is 8.77. The SMILES string of the molecule is CC(F)(c1ccc(N2CCN(S(=O)(=O)c3cccs3)CC2CN2C3CCCC2CC(F)C3)cc1)C(F)(F)F. The molecular formula is C26H32F5N3O2S2. The molecule has 4 unspecified atom stereocenters. The third kappa shape index (κ3) is 5.21. The molecule has 2 aromatic rings. The molecule has 4 heterocycles. The third-order valence-corrected chi connectivity index (χ3v) is 11.5. The second-order valence-electron chi connectivity index (χ2n) is 10.7. The number of piperazine rings is 1. The van der Waals surface area contributed by atoms with Gasteiger partial charge in [-0.2, -0.15) is 17.5 Å². The first-order valence-electron chi connectivity index (χ1n) is 12.9. The molecule has 12 heteroatoms. The van der Waals surface area contributed by atoms with Crippen LogP contribution in [0.25, 0.3) is 0 Å². The standard InChI is InChI=1S/C26H32F5N3O2S2/c1-25(28,26(29,30)31)18-7-9-20(10-8-18)33-12-11-32(38(35,36)24-6-3-13-37-24)16-23(33)17-34-21-4-2-5-22(34)15-19(27)14-21/h3,6-10,13,19,21-23H,2,4-5,11-12,14-17H2,1H3. The van der Waals surface area contributed by atoms with Crippen molar-refractivity contribution in [1.82, 2.24) is 9.21 Å². The Kier molecular flexibility index (Phi) is 7.56. The van der Waals surface area contributed by atoms with Gasteiger partial charge in [0.1, 0.15) is 10.4 Å². The molecule has 0 radical (unpaired) electrons. The van der Waals surface area contributed by atoms with Crippen molar-refractivity contribution in [3.05, 3.63) is 47.3 Å². The number of fused-ring (bicyclic) bond motifs is 2. The predicted octanol–water partition coefficient (Wildman–Crippen LogP) is 5.73. The number of benzene rings is 1. The van der Waals surface area contributed by atoms with E-state index in [-0.39, 0.29) is 35.4 Å². The van der Waals surface area contributed by atoms with E-state index in [2.05, 4.69) is 4.90 Å². The van der Waals surface area contributed by atoms with Crippen LogP contribution < -0.4 is 4.90 Å². The molecule has 1 aromatic carbocycles. The van der Waals surface area contributed by atoms with Gasteiger partial charge in [-0.3, -0.25) is 4.90 Å². The van der Waals surface area contributed by atoms with Crippen LogP contribution in [0.3, 0.4) is 0 Å². The second kappa shape index (κ2) is 10.3. The number of halogens is 5. The smallest absolute Gasteiger partial charge is 0.365 e. The molecule has 5 nitrogen and oxygen atoms in total. The highest BCUT2D eigenvalue weighted by Gasteiger charge is 2.53. The Hall–Kier alpha value is -1.76. The summed E-state index contributed by atoms with van der Waals surface area (Å²) >= 11 is 1.15. The maximum absolute atomic E-state index is 14.5. The number of piperidine rings is 2. The van der Waals surface area contributed by atoms with Crippen molar-refractivity contribution in [2.24, 2.45) is 0 Å². The van der Waals surface area contributed by atoms with Gasteiger partial charge in [0.15, 0.2) is 0 Å². The first kappa shape index (κ1) is 27.8. The van der Waals surface area contributed by atoms with E-state index < -0.39 is 33.6 Å². The summed E-state index contributed by atoms with van der Waals surface area (Å²) in [5.41, 5.74) is -3.36. The van der Waals surface area contributed by atoms with Gasteiger partial charge in [-0.25, -0.2) is 17.2 Å². The summed E-state index contributed by atoms with van der Waals surface area (Å²) in [5, 5.41) is 1.71. The van der Waals surface area contributed by atoms with Gasteiger partial charge in [0, 0.05) is 44.0 Å². The van der Waals surface area contributed by atoms with E-state index in [0.717, 1.165) is 42.7 Å². The number of rotatable bonds is 6. The second-order valence-corrected chi connectivity index (χ2v) is 13.8. The molecular weight excluding hydrogens is 545 g/mol. The fraction of sp³-hybridized carbons (Fsp3) is 0.615. The predicted molar refractivity (Wildman–Crippen MR) is 137 cm³/mol. The van der Waals surface area contributed by atoms with Gasteiger partial charge in [0.2, 0.25) is 5.67 Å². The van der Waals surface area contributed by atoms with Crippen molar-refractivity contribution in [3.8, 4) is 0 Å². The van der Waals surface area contributed by atoms with E-state index in [1.165, 1.54) is 16.4 Å². The van der Waals surface area contributed by atoms with Crippen molar-refractivity contribution >= 4 is 27.0 Å². The maximum atomic E-state index is 14.5. The van der Waals surface area contributed by atoms with Gasteiger partial charge < -0.3 is 4.90 Å². The quantitative estimate of drug-likeness (QED) is 0.412. The summed E-state index contributed by atoms with van der Waals surface area (Å²) in [7, 11) is -3.70. The highest BCUT2D eigenvalue weighted by Crippen LogP contribution is 2.43. The van der Waals surface area contributed by atoms with E-state index in [9.17, 15) is 30.4 Å². The van der Waals surface area contributed by atoms with E-state index in [1.54, 1.807) is 17.5 Å². The highest BCUT2D eigenvalue weighted by molar-refractivity contribution is 7.91. The number of thiophene rings is 1. The average Bonchev–Trinajstić information content (AvgIpc) is 3.40. The first-order valence-corrected chi connectivity index (χ1v) is 15.3. The first-order chi connectivity index (χ1) is 17.9. The zero-order valence-electron chi connectivity index (χ0n) is 21.1. The Morgan fingerprint density at radius 1 is 1.00 bits per heavy atom. The summed E-state index contributed by atoms with van der Waals surface area (Å²) in [6, 6.07) is 8.39. The number of sulfonamides is 1. The van der Waals surface area contributed by atoms with Crippen LogP contribution >= 0.6 is 11.3 Å². The van der Waals surface area contributed by atoms with E-state index in [4.69, 9.17) is 0 Å². The molecule has 2 bridgehead atoms. The Balaban J connectivity index is 1.43. The van der Waals surface area contributed by atoms with Gasteiger partial charge in [-0.1, -0.05) is 24.6 Å². The number of hydrogen-bond donors (Lipinski definition) is 0. The Labute approximate surface area is 224 Å². The molecule has 3 saturated heterocycles. The molecule has 3 fully saturated rings. The molecule has 210 valence electrons. The summed E-state index contributed by atoms with van der Waals surface area (Å²) in [6.07, 6.45) is -2.14. The van der Waals surface area contributed by atoms with Crippen molar-refractivity contribution in [2.75, 3.05) is 31.1 Å². The van der Waals surface area contributed by atoms with Crippen LogP contribution in [-0.2, 0) is 15.7 Å². The lowest BCUT2D eigenvalue weighted by molar-refractivity contribution is -0.228. The molecule has 5 rings (SSSR count). The van der Waals surface area contributed by atoms with Gasteiger partial charge >= 0.3 is 6.18 Å². The number of alkyl halides is 5. The molecule has 0 saturated carbocycles. The molecule has 38 heavy (non-hydrogen) atoms. The topological polar surface area (TPSA) is 43.9 Å². The monoisotopic (exact) mass is 577 g/mol. The Morgan fingerprint density at radius 2 is 1.66 bits per heavy atom. The molecule has 4 atom stereocenters. The van der Waals surface area contributed by atoms with Crippen LogP contribution in [0, 0.1) is 0 Å².